The fourth-order valence-corrected chi connectivity index (χ4v) is 2.01. The van der Waals surface area contributed by atoms with Gasteiger partial charge in [-0.15, -0.1) is 0 Å². The number of phenols is 1. The minimum Gasteiger partial charge on any atom is -0.505 e. The molecule has 0 aliphatic carbocycles. The number of aromatic amines is 1. The van der Waals surface area contributed by atoms with Crippen molar-refractivity contribution in [2.45, 2.75) is 24.9 Å². The molecule has 3 nitrogen and oxygen atoms in total. The van der Waals surface area contributed by atoms with E-state index in [0.29, 0.717) is 17.2 Å². The molecule has 1 aromatic carbocycles. The van der Waals surface area contributed by atoms with Crippen molar-refractivity contribution >= 4 is 22.8 Å². The average molecular weight is 222 g/mol. The van der Waals surface area contributed by atoms with Gasteiger partial charge in [-0.3, -0.25) is 0 Å². The van der Waals surface area contributed by atoms with Crippen molar-refractivity contribution in [3.8, 4) is 5.75 Å². The Morgan fingerprint density at radius 2 is 2.13 bits per heavy atom. The first-order chi connectivity index (χ1) is 7.13. The second-order valence-corrected chi connectivity index (χ2v) is 4.60. The van der Waals surface area contributed by atoms with Gasteiger partial charge in [0, 0.05) is 0 Å². The SMILES string of the molecule is CSc1nc2c(O)c(C(C)C)ccc2[nH]1. The van der Waals surface area contributed by atoms with Gasteiger partial charge in [0.05, 0.1) is 5.52 Å². The zero-order valence-corrected chi connectivity index (χ0v) is 9.85. The van der Waals surface area contributed by atoms with Crippen LogP contribution < -0.4 is 0 Å². The number of hydrogen-bond acceptors (Lipinski definition) is 3. The highest BCUT2D eigenvalue weighted by atomic mass is 32.2. The van der Waals surface area contributed by atoms with Gasteiger partial charge in [-0.25, -0.2) is 4.98 Å². The number of phenolic OH excluding ortho intramolecular Hbond substituents is 1. The van der Waals surface area contributed by atoms with E-state index in [1.54, 1.807) is 0 Å². The lowest BCUT2D eigenvalue weighted by molar-refractivity contribution is 0.470. The molecule has 0 saturated carbocycles. The van der Waals surface area contributed by atoms with Crippen molar-refractivity contribution in [2.75, 3.05) is 6.26 Å². The Bertz CT molecular complexity index is 491. The Kier molecular flexibility index (Phi) is 2.61. The van der Waals surface area contributed by atoms with Crippen LogP contribution in [0.2, 0.25) is 0 Å². The van der Waals surface area contributed by atoms with Crippen LogP contribution in [-0.2, 0) is 0 Å². The Morgan fingerprint density at radius 3 is 2.73 bits per heavy atom. The maximum atomic E-state index is 10.0. The molecule has 0 bridgehead atoms. The van der Waals surface area contributed by atoms with Crippen molar-refractivity contribution in [1.82, 2.24) is 9.97 Å². The fourth-order valence-electron chi connectivity index (χ4n) is 1.62. The molecule has 0 aliphatic rings. The molecule has 4 heteroatoms. The Hall–Kier alpha value is -1.16. The number of aromatic nitrogens is 2. The summed E-state index contributed by atoms with van der Waals surface area (Å²) in [5, 5.41) is 10.9. The molecular weight excluding hydrogens is 208 g/mol. The smallest absolute Gasteiger partial charge is 0.166 e. The highest BCUT2D eigenvalue weighted by Gasteiger charge is 2.12. The monoisotopic (exact) mass is 222 g/mol. The number of nitrogens with zero attached hydrogens (tertiary/aromatic N) is 1. The number of hydrogen-bond donors (Lipinski definition) is 2. The first kappa shape index (κ1) is 10.4. The summed E-state index contributed by atoms with van der Waals surface area (Å²) in [5.41, 5.74) is 2.51. The number of thioether (sulfide) groups is 1. The minimum atomic E-state index is 0.305. The molecule has 1 heterocycles. The van der Waals surface area contributed by atoms with Crippen LogP contribution in [0.25, 0.3) is 11.0 Å². The zero-order chi connectivity index (χ0) is 11.0. The molecule has 1 aromatic heterocycles. The van der Waals surface area contributed by atoms with Crippen LogP contribution in [0, 0.1) is 0 Å². The van der Waals surface area contributed by atoms with Gasteiger partial charge in [0.15, 0.2) is 5.16 Å². The van der Waals surface area contributed by atoms with E-state index in [1.807, 2.05) is 18.4 Å². The number of H-pyrrole nitrogens is 1. The topological polar surface area (TPSA) is 48.9 Å². The first-order valence-electron chi connectivity index (χ1n) is 4.89. The van der Waals surface area contributed by atoms with E-state index in [0.717, 1.165) is 16.2 Å². The molecular formula is C11H14N2OS. The standard InChI is InChI=1S/C11H14N2OS/c1-6(2)7-4-5-8-9(10(7)14)13-11(12-8)15-3/h4-6,14H,1-3H3,(H,12,13). The van der Waals surface area contributed by atoms with E-state index in [-0.39, 0.29) is 0 Å². The zero-order valence-electron chi connectivity index (χ0n) is 9.03. The number of fused-ring (bicyclic) bond motifs is 1. The van der Waals surface area contributed by atoms with Crippen LogP contribution in [0.3, 0.4) is 0 Å². The fraction of sp³-hybridized carbons (Fsp3) is 0.364. The third-order valence-electron chi connectivity index (χ3n) is 2.45. The van der Waals surface area contributed by atoms with Gasteiger partial charge in [0.25, 0.3) is 0 Å². The summed E-state index contributed by atoms with van der Waals surface area (Å²) in [6.07, 6.45) is 1.96. The maximum absolute atomic E-state index is 10.0. The summed E-state index contributed by atoms with van der Waals surface area (Å²) < 4.78 is 0. The number of benzene rings is 1. The summed E-state index contributed by atoms with van der Waals surface area (Å²) in [6.45, 7) is 4.12. The van der Waals surface area contributed by atoms with Gasteiger partial charge in [-0.2, -0.15) is 0 Å². The van der Waals surface area contributed by atoms with E-state index >= 15 is 0 Å². The van der Waals surface area contributed by atoms with Crippen molar-refractivity contribution in [2.24, 2.45) is 0 Å². The van der Waals surface area contributed by atoms with E-state index in [4.69, 9.17) is 0 Å². The molecule has 0 amide bonds. The molecule has 80 valence electrons. The van der Waals surface area contributed by atoms with E-state index in [2.05, 4.69) is 23.8 Å². The van der Waals surface area contributed by atoms with Crippen molar-refractivity contribution in [1.29, 1.82) is 0 Å². The minimum absolute atomic E-state index is 0.305. The Labute approximate surface area is 92.9 Å². The number of imidazole rings is 1. The number of nitrogens with one attached hydrogen (secondary N) is 1. The quantitative estimate of drug-likeness (QED) is 0.767. The average Bonchev–Trinajstić information content (AvgIpc) is 2.61. The van der Waals surface area contributed by atoms with Crippen LogP contribution >= 0.6 is 11.8 Å². The predicted molar refractivity (Wildman–Crippen MR) is 63.6 cm³/mol. The van der Waals surface area contributed by atoms with E-state index in [1.165, 1.54) is 11.8 Å². The van der Waals surface area contributed by atoms with Crippen LogP contribution in [0.4, 0.5) is 0 Å². The van der Waals surface area contributed by atoms with Gasteiger partial charge in [-0.05, 0) is 23.8 Å². The van der Waals surface area contributed by atoms with Crippen molar-refractivity contribution in [3.05, 3.63) is 17.7 Å². The summed E-state index contributed by atoms with van der Waals surface area (Å²) in [7, 11) is 0. The lowest BCUT2D eigenvalue weighted by Gasteiger charge is -2.07. The van der Waals surface area contributed by atoms with Crippen molar-refractivity contribution in [3.63, 3.8) is 0 Å². The summed E-state index contributed by atoms with van der Waals surface area (Å²) in [5.74, 6) is 0.614. The van der Waals surface area contributed by atoms with Crippen LogP contribution in [0.15, 0.2) is 17.3 Å². The summed E-state index contributed by atoms with van der Waals surface area (Å²) in [6, 6.07) is 3.92. The number of rotatable bonds is 2. The first-order valence-corrected chi connectivity index (χ1v) is 6.11. The molecule has 15 heavy (non-hydrogen) atoms. The molecule has 2 aromatic rings. The Morgan fingerprint density at radius 1 is 1.40 bits per heavy atom. The van der Waals surface area contributed by atoms with E-state index in [9.17, 15) is 5.11 Å². The molecule has 0 spiro atoms. The van der Waals surface area contributed by atoms with E-state index < -0.39 is 0 Å². The van der Waals surface area contributed by atoms with Gasteiger partial charge < -0.3 is 10.1 Å². The second-order valence-electron chi connectivity index (χ2n) is 3.80. The molecule has 0 radical (unpaired) electrons. The molecule has 0 unspecified atom stereocenters. The highest BCUT2D eigenvalue weighted by molar-refractivity contribution is 7.98. The molecule has 0 atom stereocenters. The summed E-state index contributed by atoms with van der Waals surface area (Å²) >= 11 is 1.54. The van der Waals surface area contributed by atoms with Crippen molar-refractivity contribution < 1.29 is 5.11 Å². The molecule has 0 saturated heterocycles. The third kappa shape index (κ3) is 1.69. The lowest BCUT2D eigenvalue weighted by atomic mass is 10.0. The van der Waals surface area contributed by atoms with Crippen LogP contribution in [-0.4, -0.2) is 21.3 Å². The lowest BCUT2D eigenvalue weighted by Crippen LogP contribution is -1.88. The number of aromatic hydroxyl groups is 1. The predicted octanol–water partition coefficient (Wildman–Crippen LogP) is 3.11. The molecule has 0 aliphatic heterocycles. The van der Waals surface area contributed by atoms with Crippen LogP contribution in [0.5, 0.6) is 5.75 Å². The van der Waals surface area contributed by atoms with Gasteiger partial charge >= 0.3 is 0 Å². The molecule has 2 N–H and O–H groups in total. The van der Waals surface area contributed by atoms with Crippen LogP contribution in [0.1, 0.15) is 25.3 Å². The third-order valence-corrected chi connectivity index (χ3v) is 3.03. The normalized spacial score (nSPS) is 11.5. The molecule has 2 rings (SSSR count). The van der Waals surface area contributed by atoms with Gasteiger partial charge in [0.2, 0.25) is 0 Å². The second kappa shape index (κ2) is 3.77. The Balaban J connectivity index is 2.67. The maximum Gasteiger partial charge on any atom is 0.166 e. The highest BCUT2D eigenvalue weighted by Crippen LogP contribution is 2.32. The van der Waals surface area contributed by atoms with Gasteiger partial charge in [0.1, 0.15) is 11.3 Å². The molecule has 0 fully saturated rings. The summed E-state index contributed by atoms with van der Waals surface area (Å²) in [4.78, 5) is 7.48. The van der Waals surface area contributed by atoms with Gasteiger partial charge in [-0.1, -0.05) is 31.7 Å². The largest absolute Gasteiger partial charge is 0.505 e.